The van der Waals surface area contributed by atoms with Crippen molar-refractivity contribution in [3.05, 3.63) is 0 Å². The molecule has 0 bridgehead atoms. The van der Waals surface area contributed by atoms with Crippen molar-refractivity contribution in [2.24, 2.45) is 0 Å². The van der Waals surface area contributed by atoms with Gasteiger partial charge in [-0.25, -0.2) is 0 Å². The Balaban J connectivity index is 2.85. The van der Waals surface area contributed by atoms with E-state index in [0.717, 1.165) is 0 Å². The normalized spacial score (nSPS) is 6.60. The summed E-state index contributed by atoms with van der Waals surface area (Å²) in [6, 6.07) is 0. The fourth-order valence-electron chi connectivity index (χ4n) is 0. The maximum absolute atomic E-state index is 9.32. The standard InChI is InChI=1S/GeH2O3S/c2-1(3)4-5/h2,5H. The Bertz CT molecular complexity index is 42.2. The van der Waals surface area contributed by atoms with Gasteiger partial charge in [0, 0.05) is 0 Å². The van der Waals surface area contributed by atoms with Crippen molar-refractivity contribution in [3.63, 3.8) is 0 Å². The van der Waals surface area contributed by atoms with E-state index in [9.17, 15) is 3.78 Å². The van der Waals surface area contributed by atoms with E-state index in [4.69, 9.17) is 4.13 Å². The third-order valence-corrected chi connectivity index (χ3v) is 1.22. The molecule has 0 saturated carbocycles. The molecule has 0 aromatic heterocycles. The molecule has 0 saturated heterocycles. The van der Waals surface area contributed by atoms with Gasteiger partial charge in [0.25, 0.3) is 0 Å². The monoisotopic (exact) mass is 156 g/mol. The molecule has 30 valence electrons. The van der Waals surface area contributed by atoms with Crippen LogP contribution in [0, 0.1) is 0 Å². The quantitative estimate of drug-likeness (QED) is 0.297. The van der Waals surface area contributed by atoms with Crippen LogP contribution in [-0.4, -0.2) is 19.1 Å². The summed E-state index contributed by atoms with van der Waals surface area (Å²) in [5.41, 5.74) is 0. The molecule has 5 heavy (non-hydrogen) atoms. The summed E-state index contributed by atoms with van der Waals surface area (Å²) in [7, 11) is 0. The van der Waals surface area contributed by atoms with Gasteiger partial charge in [-0.1, -0.05) is 0 Å². The van der Waals surface area contributed by atoms with Crippen LogP contribution in [0.25, 0.3) is 0 Å². The van der Waals surface area contributed by atoms with E-state index in [-0.39, 0.29) is 0 Å². The molecule has 0 radical (unpaired) electrons. The van der Waals surface area contributed by atoms with Crippen molar-refractivity contribution in [2.75, 3.05) is 0 Å². The van der Waals surface area contributed by atoms with Gasteiger partial charge in [-0.05, 0) is 0 Å². The summed E-state index contributed by atoms with van der Waals surface area (Å²) in [4.78, 5) is 0. The van der Waals surface area contributed by atoms with Gasteiger partial charge in [0.1, 0.15) is 0 Å². The SMILES string of the molecule is [O]=[Ge]([OH])[O]S. The Morgan fingerprint density at radius 2 is 2.20 bits per heavy atom. The summed E-state index contributed by atoms with van der Waals surface area (Å²) in [5, 5.41) is 0. The molecular formula is H2GeO3S. The second kappa shape index (κ2) is 2.53. The molecule has 3 nitrogen and oxygen atoms in total. The van der Waals surface area contributed by atoms with E-state index in [1.807, 2.05) is 0 Å². The number of hydrogen-bond donors (Lipinski definition) is 2. The van der Waals surface area contributed by atoms with E-state index in [0.29, 0.717) is 0 Å². The Morgan fingerprint density at radius 1 is 2.00 bits per heavy atom. The first kappa shape index (κ1) is 5.29. The average Bonchev–Trinajstić information content (AvgIpc) is 1.38. The van der Waals surface area contributed by atoms with Crippen molar-refractivity contribution in [2.45, 2.75) is 0 Å². The molecule has 5 heteroatoms. The van der Waals surface area contributed by atoms with Crippen LogP contribution >= 0.6 is 12.9 Å². The predicted octanol–water partition coefficient (Wildman–Crippen LogP) is -0.745. The summed E-state index contributed by atoms with van der Waals surface area (Å²) in [6.45, 7) is 0. The van der Waals surface area contributed by atoms with Gasteiger partial charge >= 0.3 is 39.0 Å². The molecule has 0 aromatic rings. The summed E-state index contributed by atoms with van der Waals surface area (Å²) in [6.07, 6.45) is 0. The molecule has 0 atom stereocenters. The van der Waals surface area contributed by atoms with Crippen molar-refractivity contribution >= 4 is 27.9 Å². The van der Waals surface area contributed by atoms with Gasteiger partial charge < -0.3 is 0 Å². The first-order chi connectivity index (χ1) is 2.27. The van der Waals surface area contributed by atoms with Crippen LogP contribution in [0.4, 0.5) is 0 Å². The number of thiol groups is 1. The van der Waals surface area contributed by atoms with Crippen LogP contribution in [0.15, 0.2) is 0 Å². The van der Waals surface area contributed by atoms with Gasteiger partial charge in [0.2, 0.25) is 0 Å². The third-order valence-electron chi connectivity index (χ3n) is 0.0781. The van der Waals surface area contributed by atoms with Crippen molar-refractivity contribution < 1.29 is 11.1 Å². The first-order valence-corrected chi connectivity index (χ1v) is 3.83. The van der Waals surface area contributed by atoms with Gasteiger partial charge in [-0.15, -0.1) is 0 Å². The molecule has 0 unspecified atom stereocenters. The molecule has 0 spiro atoms. The molecule has 0 amide bonds. The van der Waals surface area contributed by atoms with Crippen LogP contribution < -0.4 is 0 Å². The van der Waals surface area contributed by atoms with E-state index in [1.165, 1.54) is 0 Å². The van der Waals surface area contributed by atoms with Crippen LogP contribution in [-0.2, 0) is 6.99 Å². The number of rotatable bonds is 1. The van der Waals surface area contributed by atoms with E-state index in [2.05, 4.69) is 16.1 Å². The molecule has 0 aliphatic carbocycles. The molecule has 0 aliphatic rings. The fraction of sp³-hybridized carbons (Fsp3) is 0. The second-order valence-corrected chi connectivity index (χ2v) is 2.80. The van der Waals surface area contributed by atoms with Crippen molar-refractivity contribution in [3.8, 4) is 0 Å². The van der Waals surface area contributed by atoms with Crippen molar-refractivity contribution in [1.82, 2.24) is 0 Å². The minimum absolute atomic E-state index is 3.03. The molecule has 1 N–H and O–H groups in total. The zero-order valence-corrected chi connectivity index (χ0v) is 5.20. The fourth-order valence-corrected chi connectivity index (χ4v) is 0. The molecule has 0 fully saturated rings. The second-order valence-electron chi connectivity index (χ2n) is 0.357. The van der Waals surface area contributed by atoms with Crippen LogP contribution in [0.3, 0.4) is 0 Å². The maximum atomic E-state index is 9.32. The van der Waals surface area contributed by atoms with Gasteiger partial charge in [-0.3, -0.25) is 0 Å². The predicted molar refractivity (Wildman–Crippen MR) is 18.7 cm³/mol. The van der Waals surface area contributed by atoms with Gasteiger partial charge in [0.05, 0.1) is 0 Å². The minimum atomic E-state index is -3.24. The number of hydrogen-bond acceptors (Lipinski definition) is 3. The van der Waals surface area contributed by atoms with Gasteiger partial charge in [0.15, 0.2) is 0 Å². The Morgan fingerprint density at radius 3 is 2.20 bits per heavy atom. The molecular weight excluding hydrogens is 153 g/mol. The summed E-state index contributed by atoms with van der Waals surface area (Å²) < 4.78 is 20.6. The molecule has 0 aromatic carbocycles. The topological polar surface area (TPSA) is 46.5 Å². The van der Waals surface area contributed by atoms with E-state index in [1.54, 1.807) is 0 Å². The Hall–Kier alpha value is 0.293. The Labute approximate surface area is 39.6 Å². The zero-order chi connectivity index (χ0) is 4.28. The van der Waals surface area contributed by atoms with Crippen LogP contribution in [0.2, 0.25) is 0 Å². The zero-order valence-electron chi connectivity index (χ0n) is 2.21. The first-order valence-electron chi connectivity index (χ1n) is 0.814. The molecule has 0 rings (SSSR count). The van der Waals surface area contributed by atoms with Gasteiger partial charge in [-0.2, -0.15) is 0 Å². The van der Waals surface area contributed by atoms with Crippen molar-refractivity contribution in [1.29, 1.82) is 0 Å². The Kier molecular flexibility index (Phi) is 2.67. The molecule has 0 heterocycles. The van der Waals surface area contributed by atoms with Crippen LogP contribution in [0.5, 0.6) is 0 Å². The summed E-state index contributed by atoms with van der Waals surface area (Å²) in [5.74, 6) is 0. The van der Waals surface area contributed by atoms with Crippen LogP contribution in [0.1, 0.15) is 0 Å². The average molecular weight is 155 g/mol. The van der Waals surface area contributed by atoms with E-state index >= 15 is 0 Å². The summed E-state index contributed by atoms with van der Waals surface area (Å²) >= 11 is -0.215. The van der Waals surface area contributed by atoms with E-state index < -0.39 is 15.0 Å². The molecule has 0 aliphatic heterocycles. The third kappa shape index (κ3) is 4.29.